The van der Waals surface area contributed by atoms with Crippen molar-refractivity contribution in [3.8, 4) is 0 Å². The maximum atomic E-state index is 12.0. The number of aryl methyl sites for hydroxylation is 1. The number of nitrogens with one attached hydrogen (secondary N) is 1. The van der Waals surface area contributed by atoms with Gasteiger partial charge in [-0.15, -0.1) is 11.3 Å². The van der Waals surface area contributed by atoms with E-state index in [4.69, 9.17) is 0 Å². The SMILES string of the molecule is Cc1ccsc1CNC(=O)N1CCC(C(C)O)CC1. The second kappa shape index (κ2) is 6.39. The van der Waals surface area contributed by atoms with Crippen LogP contribution in [0.2, 0.25) is 0 Å². The summed E-state index contributed by atoms with van der Waals surface area (Å²) in [6, 6.07) is 2.08. The molecule has 1 unspecified atom stereocenters. The summed E-state index contributed by atoms with van der Waals surface area (Å²) in [4.78, 5) is 15.1. The topological polar surface area (TPSA) is 52.6 Å². The Labute approximate surface area is 118 Å². The molecule has 1 saturated heterocycles. The number of aliphatic hydroxyl groups excluding tert-OH is 1. The lowest BCUT2D eigenvalue weighted by atomic mass is 9.92. The van der Waals surface area contributed by atoms with Gasteiger partial charge in [-0.2, -0.15) is 0 Å². The Morgan fingerprint density at radius 1 is 1.58 bits per heavy atom. The van der Waals surface area contributed by atoms with Crippen molar-refractivity contribution in [3.05, 3.63) is 21.9 Å². The number of amides is 2. The van der Waals surface area contributed by atoms with Gasteiger partial charge in [-0.3, -0.25) is 0 Å². The molecular formula is C14H22N2O2S. The molecule has 1 aliphatic rings. The number of carbonyl (C=O) groups excluding carboxylic acids is 1. The maximum Gasteiger partial charge on any atom is 0.317 e. The highest BCUT2D eigenvalue weighted by molar-refractivity contribution is 7.10. The summed E-state index contributed by atoms with van der Waals surface area (Å²) < 4.78 is 0. The van der Waals surface area contributed by atoms with Crippen molar-refractivity contribution in [1.82, 2.24) is 10.2 Å². The molecule has 2 amide bonds. The number of hydrogen-bond donors (Lipinski definition) is 2. The Bertz CT molecular complexity index is 423. The van der Waals surface area contributed by atoms with Gasteiger partial charge < -0.3 is 15.3 Å². The lowest BCUT2D eigenvalue weighted by Crippen LogP contribution is -2.45. The summed E-state index contributed by atoms with van der Waals surface area (Å²) in [5.74, 6) is 0.337. The molecule has 5 heteroatoms. The molecule has 1 fully saturated rings. The molecule has 0 bridgehead atoms. The summed E-state index contributed by atoms with van der Waals surface area (Å²) in [7, 11) is 0. The largest absolute Gasteiger partial charge is 0.393 e. The van der Waals surface area contributed by atoms with Crippen LogP contribution in [0.3, 0.4) is 0 Å². The molecule has 106 valence electrons. The second-order valence-corrected chi connectivity index (χ2v) is 6.25. The van der Waals surface area contributed by atoms with E-state index in [0.717, 1.165) is 25.9 Å². The van der Waals surface area contributed by atoms with Crippen LogP contribution in [0.15, 0.2) is 11.4 Å². The van der Waals surface area contributed by atoms with E-state index in [9.17, 15) is 9.90 Å². The van der Waals surface area contributed by atoms with Crippen molar-refractivity contribution in [2.45, 2.75) is 39.3 Å². The first-order chi connectivity index (χ1) is 9.08. The van der Waals surface area contributed by atoms with E-state index in [-0.39, 0.29) is 12.1 Å². The molecule has 0 saturated carbocycles. The van der Waals surface area contributed by atoms with E-state index >= 15 is 0 Å². The quantitative estimate of drug-likeness (QED) is 0.894. The maximum absolute atomic E-state index is 12.0. The third-order valence-corrected chi connectivity index (χ3v) is 4.90. The minimum absolute atomic E-state index is 0.0110. The number of aliphatic hydroxyl groups is 1. The molecule has 0 aliphatic carbocycles. The van der Waals surface area contributed by atoms with Crippen LogP contribution in [0.4, 0.5) is 4.79 Å². The number of hydrogen-bond acceptors (Lipinski definition) is 3. The van der Waals surface area contributed by atoms with Crippen molar-refractivity contribution < 1.29 is 9.90 Å². The molecule has 1 atom stereocenters. The number of carbonyl (C=O) groups is 1. The fourth-order valence-corrected chi connectivity index (χ4v) is 3.28. The average molecular weight is 282 g/mol. The lowest BCUT2D eigenvalue weighted by Gasteiger charge is -2.33. The van der Waals surface area contributed by atoms with Gasteiger partial charge in [0, 0.05) is 18.0 Å². The van der Waals surface area contributed by atoms with E-state index in [0.29, 0.717) is 12.5 Å². The number of thiophene rings is 1. The van der Waals surface area contributed by atoms with Gasteiger partial charge in [-0.25, -0.2) is 4.79 Å². The Morgan fingerprint density at radius 3 is 2.79 bits per heavy atom. The molecule has 1 aromatic rings. The van der Waals surface area contributed by atoms with Gasteiger partial charge in [-0.05, 0) is 49.6 Å². The number of nitrogens with zero attached hydrogens (tertiary/aromatic N) is 1. The minimum atomic E-state index is -0.265. The predicted octanol–water partition coefficient (Wildman–Crippen LogP) is 2.36. The molecule has 19 heavy (non-hydrogen) atoms. The second-order valence-electron chi connectivity index (χ2n) is 5.25. The van der Waals surface area contributed by atoms with Gasteiger partial charge >= 0.3 is 6.03 Å². The third-order valence-electron chi connectivity index (χ3n) is 3.88. The Kier molecular flexibility index (Phi) is 4.82. The Hall–Kier alpha value is -1.07. The third kappa shape index (κ3) is 3.70. The van der Waals surface area contributed by atoms with Crippen LogP contribution in [-0.4, -0.2) is 35.2 Å². The fraction of sp³-hybridized carbons (Fsp3) is 0.643. The van der Waals surface area contributed by atoms with Crippen LogP contribution in [0.1, 0.15) is 30.2 Å². The molecule has 2 N–H and O–H groups in total. The lowest BCUT2D eigenvalue weighted by molar-refractivity contribution is 0.0798. The molecule has 4 nitrogen and oxygen atoms in total. The summed E-state index contributed by atoms with van der Waals surface area (Å²) in [5.41, 5.74) is 1.23. The number of urea groups is 1. The van der Waals surface area contributed by atoms with Gasteiger partial charge in [-0.1, -0.05) is 0 Å². The zero-order valence-electron chi connectivity index (χ0n) is 11.6. The monoisotopic (exact) mass is 282 g/mol. The summed E-state index contributed by atoms with van der Waals surface area (Å²) >= 11 is 1.68. The van der Waals surface area contributed by atoms with E-state index in [1.165, 1.54) is 10.4 Å². The normalized spacial score (nSPS) is 18.4. The standard InChI is InChI=1S/C14H22N2O2S/c1-10-5-8-19-13(10)9-15-14(18)16-6-3-12(4-7-16)11(2)17/h5,8,11-12,17H,3-4,6-7,9H2,1-2H3,(H,15,18). The molecule has 1 aliphatic heterocycles. The van der Waals surface area contributed by atoms with E-state index in [1.807, 2.05) is 17.2 Å². The van der Waals surface area contributed by atoms with Gasteiger partial charge in [0.25, 0.3) is 0 Å². The first-order valence-electron chi connectivity index (χ1n) is 6.81. The molecule has 0 aromatic carbocycles. The van der Waals surface area contributed by atoms with E-state index in [1.54, 1.807) is 11.3 Å². The highest BCUT2D eigenvalue weighted by Gasteiger charge is 2.25. The fourth-order valence-electron chi connectivity index (χ4n) is 2.44. The van der Waals surface area contributed by atoms with Crippen LogP contribution in [0.25, 0.3) is 0 Å². The first-order valence-corrected chi connectivity index (χ1v) is 7.69. The van der Waals surface area contributed by atoms with Gasteiger partial charge in [0.15, 0.2) is 0 Å². The van der Waals surface area contributed by atoms with Crippen molar-refractivity contribution in [2.75, 3.05) is 13.1 Å². The first kappa shape index (κ1) is 14.3. The van der Waals surface area contributed by atoms with Crippen LogP contribution >= 0.6 is 11.3 Å². The van der Waals surface area contributed by atoms with Crippen LogP contribution in [0.5, 0.6) is 0 Å². The molecular weight excluding hydrogens is 260 g/mol. The summed E-state index contributed by atoms with van der Waals surface area (Å²) in [6.07, 6.45) is 1.52. The van der Waals surface area contributed by atoms with Crippen LogP contribution < -0.4 is 5.32 Å². The molecule has 2 heterocycles. The zero-order chi connectivity index (χ0) is 13.8. The number of rotatable bonds is 3. The molecule has 0 radical (unpaired) electrons. The smallest absolute Gasteiger partial charge is 0.317 e. The molecule has 2 rings (SSSR count). The number of likely N-dealkylation sites (tertiary alicyclic amines) is 1. The van der Waals surface area contributed by atoms with Gasteiger partial charge in [0.05, 0.1) is 12.6 Å². The highest BCUT2D eigenvalue weighted by atomic mass is 32.1. The van der Waals surface area contributed by atoms with Crippen molar-refractivity contribution in [1.29, 1.82) is 0 Å². The van der Waals surface area contributed by atoms with E-state index < -0.39 is 0 Å². The van der Waals surface area contributed by atoms with Crippen LogP contribution in [-0.2, 0) is 6.54 Å². The minimum Gasteiger partial charge on any atom is -0.393 e. The van der Waals surface area contributed by atoms with Crippen LogP contribution in [0, 0.1) is 12.8 Å². The zero-order valence-corrected chi connectivity index (χ0v) is 12.4. The highest BCUT2D eigenvalue weighted by Crippen LogP contribution is 2.20. The predicted molar refractivity (Wildman–Crippen MR) is 77.3 cm³/mol. The van der Waals surface area contributed by atoms with E-state index in [2.05, 4.69) is 18.3 Å². The summed E-state index contributed by atoms with van der Waals surface area (Å²) in [5, 5.41) is 14.6. The molecule has 0 spiro atoms. The van der Waals surface area contributed by atoms with Gasteiger partial charge in [0.2, 0.25) is 0 Å². The Balaban J connectivity index is 1.77. The van der Waals surface area contributed by atoms with Crippen molar-refractivity contribution in [3.63, 3.8) is 0 Å². The number of piperidine rings is 1. The molecule has 1 aromatic heterocycles. The van der Waals surface area contributed by atoms with Crippen molar-refractivity contribution in [2.24, 2.45) is 5.92 Å². The van der Waals surface area contributed by atoms with Crippen molar-refractivity contribution >= 4 is 17.4 Å². The Morgan fingerprint density at radius 2 is 2.26 bits per heavy atom. The van der Waals surface area contributed by atoms with Gasteiger partial charge in [0.1, 0.15) is 0 Å². The summed E-state index contributed by atoms with van der Waals surface area (Å²) in [6.45, 7) is 5.99. The average Bonchev–Trinajstić information content (AvgIpc) is 2.81.